The average molecular weight is 277 g/mol. The lowest BCUT2D eigenvalue weighted by Gasteiger charge is -2.35. The van der Waals surface area contributed by atoms with Crippen molar-refractivity contribution in [3.05, 3.63) is 29.3 Å². The second-order valence-corrected chi connectivity index (χ2v) is 5.17. The van der Waals surface area contributed by atoms with Crippen molar-refractivity contribution in [2.45, 2.75) is 25.9 Å². The van der Waals surface area contributed by atoms with E-state index in [-0.39, 0.29) is 18.5 Å². The van der Waals surface area contributed by atoms with Crippen LogP contribution in [0.1, 0.15) is 24.0 Å². The van der Waals surface area contributed by atoms with Gasteiger partial charge in [0.1, 0.15) is 5.84 Å². The van der Waals surface area contributed by atoms with Gasteiger partial charge in [0, 0.05) is 18.7 Å². The van der Waals surface area contributed by atoms with Crippen LogP contribution >= 0.6 is 0 Å². The Morgan fingerprint density at radius 3 is 2.75 bits per heavy atom. The Morgan fingerprint density at radius 1 is 1.45 bits per heavy atom. The summed E-state index contributed by atoms with van der Waals surface area (Å²) in [6.07, 6.45) is 2.10. The molecule has 0 aliphatic carbocycles. The van der Waals surface area contributed by atoms with Gasteiger partial charge in [0.15, 0.2) is 0 Å². The van der Waals surface area contributed by atoms with Crippen molar-refractivity contribution in [3.8, 4) is 0 Å². The molecule has 0 bridgehead atoms. The van der Waals surface area contributed by atoms with E-state index in [0.29, 0.717) is 6.61 Å². The normalized spacial score (nSPS) is 16.4. The zero-order valence-electron chi connectivity index (χ0n) is 11.9. The van der Waals surface area contributed by atoms with E-state index in [4.69, 9.17) is 21.0 Å². The van der Waals surface area contributed by atoms with E-state index in [9.17, 15) is 0 Å². The van der Waals surface area contributed by atoms with Crippen LogP contribution in [0, 0.1) is 12.3 Å². The van der Waals surface area contributed by atoms with Crippen molar-refractivity contribution in [2.24, 2.45) is 5.73 Å². The summed E-state index contributed by atoms with van der Waals surface area (Å²) in [5.74, 6) is 0.113. The van der Waals surface area contributed by atoms with Crippen molar-refractivity contribution in [1.82, 2.24) is 0 Å². The highest BCUT2D eigenvalue weighted by atomic mass is 16.5. The maximum atomic E-state index is 8.79. The highest BCUT2D eigenvalue weighted by Gasteiger charge is 2.23. The number of aliphatic hydroxyl groups excluding tert-OH is 1. The molecule has 1 heterocycles. The van der Waals surface area contributed by atoms with Crippen LogP contribution in [0.3, 0.4) is 0 Å². The number of para-hydroxylation sites is 1. The van der Waals surface area contributed by atoms with Gasteiger partial charge in [0.25, 0.3) is 0 Å². The van der Waals surface area contributed by atoms with Gasteiger partial charge in [-0.3, -0.25) is 5.41 Å². The summed E-state index contributed by atoms with van der Waals surface area (Å²) in [7, 11) is 0. The largest absolute Gasteiger partial charge is 0.394 e. The molecule has 0 atom stereocenters. The molecule has 4 N–H and O–H groups in total. The van der Waals surface area contributed by atoms with Crippen molar-refractivity contribution in [1.29, 1.82) is 5.41 Å². The number of aliphatic hydroxyl groups is 1. The molecule has 0 radical (unpaired) electrons. The van der Waals surface area contributed by atoms with Crippen LogP contribution in [0.5, 0.6) is 0 Å². The highest BCUT2D eigenvalue weighted by molar-refractivity contribution is 6.01. The van der Waals surface area contributed by atoms with Crippen molar-refractivity contribution < 1.29 is 9.84 Å². The first-order valence-electron chi connectivity index (χ1n) is 7.05. The molecular formula is C15H23N3O2. The molecule has 0 unspecified atom stereocenters. The van der Waals surface area contributed by atoms with Crippen molar-refractivity contribution in [3.63, 3.8) is 0 Å². The number of nitrogens with two attached hydrogens (primary N) is 1. The topological polar surface area (TPSA) is 82.6 Å². The lowest BCUT2D eigenvalue weighted by atomic mass is 10.0. The van der Waals surface area contributed by atoms with E-state index in [2.05, 4.69) is 17.9 Å². The fourth-order valence-corrected chi connectivity index (χ4v) is 2.76. The molecule has 1 saturated heterocycles. The quantitative estimate of drug-likeness (QED) is 0.559. The SMILES string of the molecule is Cc1cccc(C(=N)N)c1N1CCC(OCCO)CC1. The number of rotatable bonds is 5. The summed E-state index contributed by atoms with van der Waals surface area (Å²) >= 11 is 0. The van der Waals surface area contributed by atoms with Crippen LogP contribution in [0.2, 0.25) is 0 Å². The lowest BCUT2D eigenvalue weighted by molar-refractivity contribution is 0.0159. The Labute approximate surface area is 119 Å². The van der Waals surface area contributed by atoms with Crippen LogP contribution < -0.4 is 10.6 Å². The number of nitrogens with zero attached hydrogens (tertiary/aromatic N) is 1. The predicted molar refractivity (Wildman–Crippen MR) is 80.5 cm³/mol. The molecule has 5 nitrogen and oxygen atoms in total. The lowest BCUT2D eigenvalue weighted by Crippen LogP contribution is -2.38. The summed E-state index contributed by atoms with van der Waals surface area (Å²) in [6.45, 7) is 4.32. The summed E-state index contributed by atoms with van der Waals surface area (Å²) < 4.78 is 5.58. The van der Waals surface area contributed by atoms with Gasteiger partial charge in [-0.25, -0.2) is 0 Å². The van der Waals surface area contributed by atoms with E-state index in [0.717, 1.165) is 42.7 Å². The molecule has 0 amide bonds. The molecule has 20 heavy (non-hydrogen) atoms. The number of nitrogens with one attached hydrogen (secondary N) is 1. The number of piperidine rings is 1. The van der Waals surface area contributed by atoms with Gasteiger partial charge in [0.2, 0.25) is 0 Å². The number of hydrogen-bond acceptors (Lipinski definition) is 4. The number of benzene rings is 1. The molecule has 1 aromatic rings. The molecule has 2 rings (SSSR count). The molecule has 110 valence electrons. The Morgan fingerprint density at radius 2 is 2.15 bits per heavy atom. The average Bonchev–Trinajstić information content (AvgIpc) is 2.45. The highest BCUT2D eigenvalue weighted by Crippen LogP contribution is 2.28. The maximum Gasteiger partial charge on any atom is 0.124 e. The summed E-state index contributed by atoms with van der Waals surface area (Å²) in [5, 5.41) is 16.5. The zero-order chi connectivity index (χ0) is 14.5. The molecule has 1 fully saturated rings. The molecule has 1 aliphatic heterocycles. The molecule has 0 spiro atoms. The summed E-state index contributed by atoms with van der Waals surface area (Å²) in [4.78, 5) is 2.28. The number of nitrogen functional groups attached to an aromatic ring is 1. The Kier molecular flexibility index (Phi) is 4.98. The minimum absolute atomic E-state index is 0.0759. The first kappa shape index (κ1) is 14.8. The van der Waals surface area contributed by atoms with E-state index < -0.39 is 0 Å². The third kappa shape index (κ3) is 3.29. The van der Waals surface area contributed by atoms with E-state index >= 15 is 0 Å². The van der Waals surface area contributed by atoms with E-state index in [1.807, 2.05) is 12.1 Å². The molecule has 0 saturated carbocycles. The van der Waals surface area contributed by atoms with Crippen molar-refractivity contribution in [2.75, 3.05) is 31.2 Å². The molecular weight excluding hydrogens is 254 g/mol. The minimum atomic E-state index is 0.0759. The Balaban J connectivity index is 2.09. The Bertz CT molecular complexity index is 468. The number of anilines is 1. The summed E-state index contributed by atoms with van der Waals surface area (Å²) in [5.41, 5.74) is 8.71. The monoisotopic (exact) mass is 277 g/mol. The zero-order valence-corrected chi connectivity index (χ0v) is 11.9. The third-order valence-corrected chi connectivity index (χ3v) is 3.73. The van der Waals surface area contributed by atoms with Crippen LogP contribution in [0.4, 0.5) is 5.69 Å². The number of amidine groups is 1. The molecule has 0 aromatic heterocycles. The number of ether oxygens (including phenoxy) is 1. The second kappa shape index (κ2) is 6.72. The van der Waals surface area contributed by atoms with Crippen LogP contribution in [0.15, 0.2) is 18.2 Å². The molecule has 1 aromatic carbocycles. The van der Waals surface area contributed by atoms with Gasteiger partial charge < -0.3 is 20.5 Å². The standard InChI is InChI=1S/C15H23N3O2/c1-11-3-2-4-13(15(16)17)14(11)18-7-5-12(6-8-18)20-10-9-19/h2-4,12,19H,5-10H2,1H3,(H3,16,17). The van der Waals surface area contributed by atoms with Crippen LogP contribution in [0.25, 0.3) is 0 Å². The predicted octanol–water partition coefficient (Wildman–Crippen LogP) is 1.26. The first-order chi connectivity index (χ1) is 9.63. The number of hydrogen-bond donors (Lipinski definition) is 3. The maximum absolute atomic E-state index is 8.79. The van der Waals surface area contributed by atoms with Gasteiger partial charge >= 0.3 is 0 Å². The second-order valence-electron chi connectivity index (χ2n) is 5.17. The van der Waals surface area contributed by atoms with Gasteiger partial charge in [-0.15, -0.1) is 0 Å². The summed E-state index contributed by atoms with van der Waals surface area (Å²) in [6, 6.07) is 5.89. The van der Waals surface area contributed by atoms with Gasteiger partial charge in [0.05, 0.1) is 25.0 Å². The minimum Gasteiger partial charge on any atom is -0.394 e. The van der Waals surface area contributed by atoms with Crippen LogP contribution in [-0.4, -0.2) is 43.3 Å². The fraction of sp³-hybridized carbons (Fsp3) is 0.533. The fourth-order valence-electron chi connectivity index (χ4n) is 2.76. The molecule has 5 heteroatoms. The van der Waals surface area contributed by atoms with Gasteiger partial charge in [-0.2, -0.15) is 0 Å². The van der Waals surface area contributed by atoms with Crippen molar-refractivity contribution >= 4 is 11.5 Å². The van der Waals surface area contributed by atoms with Gasteiger partial charge in [-0.1, -0.05) is 12.1 Å². The van der Waals surface area contributed by atoms with Crippen LogP contribution in [-0.2, 0) is 4.74 Å². The van der Waals surface area contributed by atoms with Gasteiger partial charge in [-0.05, 0) is 31.4 Å². The smallest absolute Gasteiger partial charge is 0.124 e. The van der Waals surface area contributed by atoms with E-state index in [1.54, 1.807) is 0 Å². The third-order valence-electron chi connectivity index (χ3n) is 3.73. The first-order valence-corrected chi connectivity index (χ1v) is 7.05. The number of aryl methyl sites for hydroxylation is 1. The van der Waals surface area contributed by atoms with E-state index in [1.165, 1.54) is 0 Å². The molecule has 1 aliphatic rings. The Hall–Kier alpha value is -1.59.